The lowest BCUT2D eigenvalue weighted by Crippen LogP contribution is -2.10. The highest BCUT2D eigenvalue weighted by Crippen LogP contribution is 2.12. The van der Waals surface area contributed by atoms with Crippen molar-refractivity contribution in [2.24, 2.45) is 5.73 Å². The molecular formula is C11H14N2O3. The van der Waals surface area contributed by atoms with Gasteiger partial charge in [0.2, 0.25) is 0 Å². The van der Waals surface area contributed by atoms with E-state index in [0.29, 0.717) is 24.3 Å². The fraction of sp³-hybridized carbons (Fsp3) is 0.273. The number of ether oxygens (including phenoxy) is 1. The number of aliphatic carboxylic acids is 1. The monoisotopic (exact) mass is 222 g/mol. The Hall–Kier alpha value is -2.04. The molecule has 0 aliphatic heterocycles. The summed E-state index contributed by atoms with van der Waals surface area (Å²) in [5.74, 6) is -0.164. The minimum absolute atomic E-state index is 0.0115. The predicted octanol–water partition coefficient (Wildman–Crippen LogP) is 1.21. The molecule has 16 heavy (non-hydrogen) atoms. The molecule has 0 bridgehead atoms. The zero-order valence-electron chi connectivity index (χ0n) is 8.77. The third-order valence-corrected chi connectivity index (χ3v) is 1.97. The molecule has 0 radical (unpaired) electrons. The van der Waals surface area contributed by atoms with Crippen molar-refractivity contribution >= 4 is 11.8 Å². The first-order valence-corrected chi connectivity index (χ1v) is 4.88. The van der Waals surface area contributed by atoms with Crippen LogP contribution in [0.3, 0.4) is 0 Å². The topological polar surface area (TPSA) is 96.4 Å². The van der Waals surface area contributed by atoms with Crippen molar-refractivity contribution in [2.45, 2.75) is 12.8 Å². The number of hydrogen-bond donors (Lipinski definition) is 3. The first-order valence-electron chi connectivity index (χ1n) is 4.88. The van der Waals surface area contributed by atoms with E-state index < -0.39 is 5.97 Å². The number of carboxylic acids is 1. The molecule has 0 aliphatic rings. The molecule has 0 aromatic heterocycles. The summed E-state index contributed by atoms with van der Waals surface area (Å²) in [5.41, 5.74) is 5.93. The van der Waals surface area contributed by atoms with E-state index in [2.05, 4.69) is 0 Å². The van der Waals surface area contributed by atoms with Gasteiger partial charge < -0.3 is 15.6 Å². The molecular weight excluding hydrogens is 208 g/mol. The number of nitrogens with one attached hydrogen (secondary N) is 1. The van der Waals surface area contributed by atoms with Crippen molar-refractivity contribution < 1.29 is 14.6 Å². The van der Waals surface area contributed by atoms with Crippen LogP contribution < -0.4 is 10.5 Å². The average Bonchev–Trinajstić information content (AvgIpc) is 2.25. The highest BCUT2D eigenvalue weighted by molar-refractivity contribution is 5.94. The Morgan fingerprint density at radius 2 is 2.00 bits per heavy atom. The molecule has 5 nitrogen and oxygen atoms in total. The lowest BCUT2D eigenvalue weighted by molar-refractivity contribution is -0.137. The number of nitrogens with two attached hydrogens (primary N) is 1. The Morgan fingerprint density at radius 3 is 2.50 bits per heavy atom. The van der Waals surface area contributed by atoms with Gasteiger partial charge in [0, 0.05) is 12.0 Å². The van der Waals surface area contributed by atoms with Crippen LogP contribution in [0, 0.1) is 5.41 Å². The van der Waals surface area contributed by atoms with Gasteiger partial charge in [-0.2, -0.15) is 0 Å². The van der Waals surface area contributed by atoms with Crippen molar-refractivity contribution in [2.75, 3.05) is 6.61 Å². The lowest BCUT2D eigenvalue weighted by Gasteiger charge is -2.05. The van der Waals surface area contributed by atoms with Gasteiger partial charge in [-0.05, 0) is 30.7 Å². The molecule has 0 saturated carbocycles. The van der Waals surface area contributed by atoms with Crippen molar-refractivity contribution in [1.29, 1.82) is 5.41 Å². The second kappa shape index (κ2) is 5.75. The minimum Gasteiger partial charge on any atom is -0.494 e. The van der Waals surface area contributed by atoms with Gasteiger partial charge in [-0.1, -0.05) is 0 Å². The molecule has 0 aliphatic carbocycles. The number of rotatable bonds is 6. The summed E-state index contributed by atoms with van der Waals surface area (Å²) in [6.45, 7) is 0.367. The molecule has 1 rings (SSSR count). The third kappa shape index (κ3) is 4.00. The number of hydrogen-bond acceptors (Lipinski definition) is 3. The van der Waals surface area contributed by atoms with Crippen LogP contribution in [0.1, 0.15) is 18.4 Å². The average molecular weight is 222 g/mol. The van der Waals surface area contributed by atoms with Crippen LogP contribution in [0.5, 0.6) is 5.75 Å². The van der Waals surface area contributed by atoms with E-state index in [0.717, 1.165) is 0 Å². The van der Waals surface area contributed by atoms with Crippen LogP contribution in [-0.4, -0.2) is 23.5 Å². The second-order valence-corrected chi connectivity index (χ2v) is 3.28. The van der Waals surface area contributed by atoms with Crippen molar-refractivity contribution in [3.05, 3.63) is 29.8 Å². The van der Waals surface area contributed by atoms with Gasteiger partial charge in [0.25, 0.3) is 0 Å². The molecule has 1 aromatic carbocycles. The zero-order chi connectivity index (χ0) is 12.0. The summed E-state index contributed by atoms with van der Waals surface area (Å²) < 4.78 is 5.32. The summed E-state index contributed by atoms with van der Waals surface area (Å²) in [6, 6.07) is 6.79. The normalized spacial score (nSPS) is 9.75. The lowest BCUT2D eigenvalue weighted by atomic mass is 10.2. The molecule has 0 atom stereocenters. The number of carbonyl (C=O) groups is 1. The molecule has 0 heterocycles. The predicted molar refractivity (Wildman–Crippen MR) is 59.8 cm³/mol. The summed E-state index contributed by atoms with van der Waals surface area (Å²) in [5, 5.41) is 15.6. The van der Waals surface area contributed by atoms with Gasteiger partial charge in [-0.3, -0.25) is 10.2 Å². The second-order valence-electron chi connectivity index (χ2n) is 3.28. The molecule has 4 N–H and O–H groups in total. The van der Waals surface area contributed by atoms with Gasteiger partial charge >= 0.3 is 5.97 Å². The number of amidine groups is 1. The van der Waals surface area contributed by atoms with Crippen LogP contribution in [0.25, 0.3) is 0 Å². The highest BCUT2D eigenvalue weighted by atomic mass is 16.5. The molecule has 0 amide bonds. The number of carboxylic acid groups (broad SMARTS) is 1. The molecule has 0 spiro atoms. The molecule has 0 saturated heterocycles. The maximum atomic E-state index is 10.2. The summed E-state index contributed by atoms with van der Waals surface area (Å²) in [6.07, 6.45) is 0.579. The van der Waals surface area contributed by atoms with E-state index in [4.69, 9.17) is 21.0 Å². The molecule has 0 unspecified atom stereocenters. The molecule has 1 aromatic rings. The largest absolute Gasteiger partial charge is 0.494 e. The summed E-state index contributed by atoms with van der Waals surface area (Å²) >= 11 is 0. The first-order chi connectivity index (χ1) is 7.59. The Balaban J connectivity index is 2.38. The van der Waals surface area contributed by atoms with E-state index in [1.54, 1.807) is 24.3 Å². The quantitative estimate of drug-likeness (QED) is 0.383. The zero-order valence-corrected chi connectivity index (χ0v) is 8.77. The Labute approximate surface area is 93.4 Å². The van der Waals surface area contributed by atoms with Crippen molar-refractivity contribution in [1.82, 2.24) is 0 Å². The smallest absolute Gasteiger partial charge is 0.303 e. The van der Waals surface area contributed by atoms with E-state index >= 15 is 0 Å². The Bertz CT molecular complexity index is 373. The van der Waals surface area contributed by atoms with Crippen LogP contribution in [-0.2, 0) is 4.79 Å². The maximum absolute atomic E-state index is 10.2. The minimum atomic E-state index is -0.824. The van der Waals surface area contributed by atoms with Gasteiger partial charge in [0.1, 0.15) is 11.6 Å². The van der Waals surface area contributed by atoms with E-state index in [1.807, 2.05) is 0 Å². The van der Waals surface area contributed by atoms with Crippen LogP contribution >= 0.6 is 0 Å². The van der Waals surface area contributed by atoms with Gasteiger partial charge in [-0.15, -0.1) is 0 Å². The number of benzene rings is 1. The van der Waals surface area contributed by atoms with Crippen molar-refractivity contribution in [3.63, 3.8) is 0 Å². The highest BCUT2D eigenvalue weighted by Gasteiger charge is 1.99. The molecule has 0 fully saturated rings. The fourth-order valence-electron chi connectivity index (χ4n) is 1.14. The first kappa shape index (κ1) is 12.0. The standard InChI is InChI=1S/C11H14N2O3/c12-11(13)8-3-5-9(6-4-8)16-7-1-2-10(14)15/h3-6H,1-2,7H2,(H3,12,13)(H,14,15). The Kier molecular flexibility index (Phi) is 4.32. The van der Waals surface area contributed by atoms with Crippen LogP contribution in [0.2, 0.25) is 0 Å². The summed E-state index contributed by atoms with van der Waals surface area (Å²) in [7, 11) is 0. The summed E-state index contributed by atoms with van der Waals surface area (Å²) in [4.78, 5) is 10.2. The number of nitrogen functional groups attached to an aromatic ring is 1. The maximum Gasteiger partial charge on any atom is 0.303 e. The third-order valence-electron chi connectivity index (χ3n) is 1.97. The SMILES string of the molecule is N=C(N)c1ccc(OCCCC(=O)O)cc1. The van der Waals surface area contributed by atoms with Gasteiger partial charge in [-0.25, -0.2) is 0 Å². The van der Waals surface area contributed by atoms with Gasteiger partial charge in [0.05, 0.1) is 6.61 Å². The molecule has 86 valence electrons. The Morgan fingerprint density at radius 1 is 1.38 bits per heavy atom. The van der Waals surface area contributed by atoms with Crippen molar-refractivity contribution in [3.8, 4) is 5.75 Å². The van der Waals surface area contributed by atoms with Crippen LogP contribution in [0.15, 0.2) is 24.3 Å². The van der Waals surface area contributed by atoms with E-state index in [1.165, 1.54) is 0 Å². The van der Waals surface area contributed by atoms with Gasteiger partial charge in [0.15, 0.2) is 0 Å². The molecule has 5 heteroatoms. The van der Waals surface area contributed by atoms with E-state index in [9.17, 15) is 4.79 Å². The van der Waals surface area contributed by atoms with E-state index in [-0.39, 0.29) is 12.3 Å². The fourth-order valence-corrected chi connectivity index (χ4v) is 1.14. The van der Waals surface area contributed by atoms with Crippen LogP contribution in [0.4, 0.5) is 0 Å².